The first-order valence-electron chi connectivity index (χ1n) is 12.2. The third-order valence-corrected chi connectivity index (χ3v) is 9.41. The van der Waals surface area contributed by atoms with Gasteiger partial charge in [-0.2, -0.15) is 13.2 Å². The van der Waals surface area contributed by atoms with Crippen LogP contribution in [0.5, 0.6) is 0 Å². The molecule has 5 rings (SSSR count). The van der Waals surface area contributed by atoms with Gasteiger partial charge in [-0.3, -0.25) is 14.5 Å². The molecule has 0 radical (unpaired) electrons. The van der Waals surface area contributed by atoms with Crippen LogP contribution in [0, 0.1) is 0 Å². The Labute approximate surface area is 227 Å². The van der Waals surface area contributed by atoms with Crippen molar-refractivity contribution in [1.82, 2.24) is 19.7 Å². The van der Waals surface area contributed by atoms with Gasteiger partial charge in [0, 0.05) is 62.5 Å². The van der Waals surface area contributed by atoms with Gasteiger partial charge in [0.25, 0.3) is 11.8 Å². The maximum Gasteiger partial charge on any atom is 0.416 e. The fourth-order valence-electron chi connectivity index (χ4n) is 4.70. The number of carbonyl (C=O) groups excluding carboxylic acids is 2. The molecule has 2 aliphatic heterocycles. The summed E-state index contributed by atoms with van der Waals surface area (Å²) in [5, 5.41) is 2.27. The molecule has 3 heterocycles. The molecule has 3 aromatic rings. The minimum atomic E-state index is -4.64. The summed E-state index contributed by atoms with van der Waals surface area (Å²) in [5.41, 5.74) is -0.244. The summed E-state index contributed by atoms with van der Waals surface area (Å²) in [6.07, 6.45) is -3.02. The zero-order valence-electron chi connectivity index (χ0n) is 20.7. The predicted octanol–water partition coefficient (Wildman–Crippen LogP) is 3.42. The number of benzene rings is 2. The van der Waals surface area contributed by atoms with Crippen molar-refractivity contribution in [3.8, 4) is 0 Å². The third-order valence-electron chi connectivity index (χ3n) is 6.96. The number of thiazole rings is 1. The third kappa shape index (κ3) is 5.99. The van der Waals surface area contributed by atoms with E-state index < -0.39 is 32.2 Å². The average Bonchev–Trinajstić information content (AvgIpc) is 3.43. The van der Waals surface area contributed by atoms with Gasteiger partial charge in [-0.1, -0.05) is 18.2 Å². The van der Waals surface area contributed by atoms with E-state index in [0.717, 1.165) is 31.3 Å². The van der Waals surface area contributed by atoms with Gasteiger partial charge in [0.15, 0.2) is 14.8 Å². The summed E-state index contributed by atoms with van der Waals surface area (Å²) < 4.78 is 64.3. The highest BCUT2D eigenvalue weighted by Gasteiger charge is 2.37. The summed E-state index contributed by atoms with van der Waals surface area (Å²) in [5.74, 6) is -0.705. The van der Waals surface area contributed by atoms with Crippen molar-refractivity contribution < 1.29 is 31.2 Å². The number of amides is 2. The second kappa shape index (κ2) is 10.7. The first kappa shape index (κ1) is 27.3. The number of halogens is 3. The van der Waals surface area contributed by atoms with Crippen LogP contribution in [0.25, 0.3) is 0 Å². The van der Waals surface area contributed by atoms with Crippen molar-refractivity contribution >= 4 is 33.0 Å². The van der Waals surface area contributed by atoms with Crippen LogP contribution in [0.15, 0.2) is 65.0 Å². The van der Waals surface area contributed by atoms with E-state index in [1.807, 2.05) is 0 Å². The van der Waals surface area contributed by atoms with Crippen molar-refractivity contribution in [2.75, 3.05) is 39.3 Å². The Hall–Kier alpha value is -3.29. The maximum absolute atomic E-state index is 13.0. The number of aromatic nitrogens is 1. The Bertz CT molecular complexity index is 1450. The topological polar surface area (TPSA) is 90.9 Å². The maximum atomic E-state index is 13.0. The van der Waals surface area contributed by atoms with Crippen molar-refractivity contribution in [3.05, 3.63) is 81.8 Å². The van der Waals surface area contributed by atoms with E-state index in [2.05, 4.69) is 9.88 Å². The van der Waals surface area contributed by atoms with Gasteiger partial charge < -0.3 is 9.80 Å². The number of carbonyl (C=O) groups is 2. The molecule has 2 saturated heterocycles. The van der Waals surface area contributed by atoms with E-state index in [1.54, 1.807) is 21.4 Å². The zero-order valence-corrected chi connectivity index (χ0v) is 22.3. The van der Waals surface area contributed by atoms with E-state index in [9.17, 15) is 31.2 Å². The molecule has 0 bridgehead atoms. The SMILES string of the molecule is O=C(c1ccc(CS(=O)(=O)c2cccc(C(F)(F)F)c2)cc1)N1CC(N2CCN(C(=O)c3nccs3)CC2)C1. The summed E-state index contributed by atoms with van der Waals surface area (Å²) >= 11 is 1.33. The first-order chi connectivity index (χ1) is 18.5. The Balaban J connectivity index is 1.13. The number of piperazine rings is 1. The molecule has 0 N–H and O–H groups in total. The van der Waals surface area contributed by atoms with E-state index in [1.165, 1.54) is 35.6 Å². The lowest BCUT2D eigenvalue weighted by Crippen LogP contribution is -2.64. The molecular weight excluding hydrogens is 553 g/mol. The molecule has 0 spiro atoms. The highest BCUT2D eigenvalue weighted by molar-refractivity contribution is 7.90. The molecule has 0 unspecified atom stereocenters. The minimum Gasteiger partial charge on any atom is -0.335 e. The summed E-state index contributed by atoms with van der Waals surface area (Å²) in [4.78, 5) is 34.8. The van der Waals surface area contributed by atoms with Crippen LogP contribution in [0.3, 0.4) is 0 Å². The number of hydrogen-bond donors (Lipinski definition) is 0. The highest BCUT2D eigenvalue weighted by Crippen LogP contribution is 2.31. The molecule has 0 aliphatic carbocycles. The van der Waals surface area contributed by atoms with E-state index in [0.29, 0.717) is 48.4 Å². The molecule has 2 fully saturated rings. The van der Waals surface area contributed by atoms with Gasteiger partial charge in [-0.25, -0.2) is 13.4 Å². The molecule has 206 valence electrons. The highest BCUT2D eigenvalue weighted by atomic mass is 32.2. The number of hydrogen-bond acceptors (Lipinski definition) is 7. The molecule has 8 nitrogen and oxygen atoms in total. The fourth-order valence-corrected chi connectivity index (χ4v) is 6.69. The summed E-state index contributed by atoms with van der Waals surface area (Å²) in [7, 11) is -4.01. The van der Waals surface area contributed by atoms with Gasteiger partial charge in [-0.15, -0.1) is 11.3 Å². The van der Waals surface area contributed by atoms with Crippen LogP contribution in [0.2, 0.25) is 0 Å². The van der Waals surface area contributed by atoms with Gasteiger partial charge >= 0.3 is 6.18 Å². The summed E-state index contributed by atoms with van der Waals surface area (Å²) in [6.45, 7) is 3.77. The quantitative estimate of drug-likeness (QED) is 0.446. The van der Waals surface area contributed by atoms with Gasteiger partial charge in [0.1, 0.15) is 0 Å². The number of nitrogens with zero attached hydrogens (tertiary/aromatic N) is 4. The van der Waals surface area contributed by atoms with E-state index in [-0.39, 0.29) is 17.9 Å². The predicted molar refractivity (Wildman–Crippen MR) is 138 cm³/mol. The van der Waals surface area contributed by atoms with E-state index >= 15 is 0 Å². The van der Waals surface area contributed by atoms with Crippen molar-refractivity contribution in [2.24, 2.45) is 0 Å². The lowest BCUT2D eigenvalue weighted by molar-refractivity contribution is -0.137. The smallest absolute Gasteiger partial charge is 0.335 e. The lowest BCUT2D eigenvalue weighted by Gasteiger charge is -2.48. The standard InChI is InChI=1S/C26H25F3N4O4S2/c27-26(28,29)20-2-1-3-22(14-20)39(36,37)17-18-4-6-19(7-5-18)24(34)33-15-21(16-33)31-9-11-32(12-10-31)25(35)23-30-8-13-38-23/h1-8,13-14,21H,9-12,15-17H2. The lowest BCUT2D eigenvalue weighted by atomic mass is 10.0. The van der Waals surface area contributed by atoms with Crippen LogP contribution in [0.4, 0.5) is 13.2 Å². The van der Waals surface area contributed by atoms with Crippen LogP contribution in [-0.2, 0) is 21.8 Å². The van der Waals surface area contributed by atoms with Gasteiger partial charge in [-0.05, 0) is 35.9 Å². The van der Waals surface area contributed by atoms with Gasteiger partial charge in [0.2, 0.25) is 0 Å². The van der Waals surface area contributed by atoms with Crippen molar-refractivity contribution in [3.63, 3.8) is 0 Å². The Morgan fingerprint density at radius 3 is 2.26 bits per heavy atom. The fraction of sp³-hybridized carbons (Fsp3) is 0.346. The molecule has 2 amide bonds. The molecular formula is C26H25F3N4O4S2. The summed E-state index contributed by atoms with van der Waals surface area (Å²) in [6, 6.07) is 9.97. The van der Waals surface area contributed by atoms with Crippen LogP contribution in [-0.4, -0.2) is 85.2 Å². The number of alkyl halides is 3. The minimum absolute atomic E-state index is 0.0545. The number of sulfone groups is 1. The van der Waals surface area contributed by atoms with Crippen LogP contribution >= 0.6 is 11.3 Å². The van der Waals surface area contributed by atoms with Crippen LogP contribution < -0.4 is 0 Å². The Morgan fingerprint density at radius 2 is 1.64 bits per heavy atom. The molecule has 2 aromatic carbocycles. The van der Waals surface area contributed by atoms with Crippen LogP contribution in [0.1, 0.15) is 31.3 Å². The molecule has 0 atom stereocenters. The number of likely N-dealkylation sites (tertiary alicyclic amines) is 1. The molecule has 2 aliphatic rings. The first-order valence-corrected chi connectivity index (χ1v) is 14.8. The van der Waals surface area contributed by atoms with E-state index in [4.69, 9.17) is 0 Å². The van der Waals surface area contributed by atoms with Gasteiger partial charge in [0.05, 0.1) is 16.2 Å². The molecule has 0 saturated carbocycles. The Kier molecular flexibility index (Phi) is 7.49. The van der Waals surface area contributed by atoms with Crippen molar-refractivity contribution in [1.29, 1.82) is 0 Å². The largest absolute Gasteiger partial charge is 0.416 e. The monoisotopic (exact) mass is 578 g/mol. The average molecular weight is 579 g/mol. The number of rotatable bonds is 6. The Morgan fingerprint density at radius 1 is 0.949 bits per heavy atom. The van der Waals surface area contributed by atoms with Crippen molar-refractivity contribution in [2.45, 2.75) is 22.9 Å². The zero-order chi connectivity index (χ0) is 27.8. The second-order valence-corrected chi connectivity index (χ2v) is 12.4. The molecule has 39 heavy (non-hydrogen) atoms. The molecule has 1 aromatic heterocycles. The normalized spacial score (nSPS) is 17.2. The second-order valence-electron chi connectivity index (χ2n) is 9.51. The molecule has 13 heteroatoms.